The van der Waals surface area contributed by atoms with Gasteiger partial charge >= 0.3 is 0 Å². The third-order valence-corrected chi connectivity index (χ3v) is 4.74. The number of nitrogens with zero attached hydrogens (tertiary/aromatic N) is 3. The molecule has 3 rings (SSSR count). The zero-order chi connectivity index (χ0) is 18.4. The van der Waals surface area contributed by atoms with Gasteiger partial charge in [0.25, 0.3) is 5.56 Å². The van der Waals surface area contributed by atoms with E-state index in [1.807, 2.05) is 24.3 Å². The van der Waals surface area contributed by atoms with Gasteiger partial charge in [0.1, 0.15) is 0 Å². The second kappa shape index (κ2) is 8.53. The SMILES string of the molecule is COc1ccc(-n2ccnc(SCCc3ccccn3)c2=O)cc1OC. The van der Waals surface area contributed by atoms with Crippen LogP contribution in [0.15, 0.2) is 64.8 Å². The molecule has 0 bridgehead atoms. The minimum absolute atomic E-state index is 0.161. The summed E-state index contributed by atoms with van der Waals surface area (Å²) in [4.78, 5) is 21.3. The minimum atomic E-state index is -0.161. The lowest BCUT2D eigenvalue weighted by molar-refractivity contribution is 0.355. The van der Waals surface area contributed by atoms with Gasteiger partial charge in [-0.05, 0) is 30.7 Å². The first kappa shape index (κ1) is 18.0. The van der Waals surface area contributed by atoms with E-state index >= 15 is 0 Å². The molecule has 0 N–H and O–H groups in total. The summed E-state index contributed by atoms with van der Waals surface area (Å²) in [7, 11) is 3.14. The average molecular weight is 369 g/mol. The quantitative estimate of drug-likeness (QED) is 0.597. The highest BCUT2D eigenvalue weighted by Crippen LogP contribution is 2.28. The van der Waals surface area contributed by atoms with Crippen LogP contribution in [0.25, 0.3) is 5.69 Å². The van der Waals surface area contributed by atoms with Crippen molar-refractivity contribution in [1.82, 2.24) is 14.5 Å². The third-order valence-electron chi connectivity index (χ3n) is 3.78. The number of ether oxygens (including phenoxy) is 2. The molecule has 0 aliphatic carbocycles. The normalized spacial score (nSPS) is 10.5. The summed E-state index contributed by atoms with van der Waals surface area (Å²) in [6.45, 7) is 0. The number of rotatable bonds is 7. The number of pyridine rings is 1. The fraction of sp³-hybridized carbons (Fsp3) is 0.211. The molecule has 0 aliphatic heterocycles. The lowest BCUT2D eigenvalue weighted by Gasteiger charge is -2.11. The van der Waals surface area contributed by atoms with Crippen molar-refractivity contribution in [3.05, 3.63) is 71.0 Å². The van der Waals surface area contributed by atoms with Crippen LogP contribution in [0.4, 0.5) is 0 Å². The summed E-state index contributed by atoms with van der Waals surface area (Å²) in [6.07, 6.45) is 5.82. The van der Waals surface area contributed by atoms with Gasteiger partial charge in [0.2, 0.25) is 0 Å². The smallest absolute Gasteiger partial charge is 0.287 e. The van der Waals surface area contributed by atoms with Gasteiger partial charge in [0.05, 0.1) is 19.9 Å². The van der Waals surface area contributed by atoms with Crippen LogP contribution >= 0.6 is 11.8 Å². The molecule has 2 heterocycles. The Hall–Kier alpha value is -2.80. The fourth-order valence-corrected chi connectivity index (χ4v) is 3.33. The van der Waals surface area contributed by atoms with Crippen LogP contribution in [0.2, 0.25) is 0 Å². The highest BCUT2D eigenvalue weighted by molar-refractivity contribution is 7.99. The van der Waals surface area contributed by atoms with E-state index in [2.05, 4.69) is 9.97 Å². The second-order valence-corrected chi connectivity index (χ2v) is 6.45. The summed E-state index contributed by atoms with van der Waals surface area (Å²) < 4.78 is 12.1. The van der Waals surface area contributed by atoms with Crippen LogP contribution in [0.5, 0.6) is 11.5 Å². The van der Waals surface area contributed by atoms with Gasteiger partial charge in [0.15, 0.2) is 16.5 Å². The summed E-state index contributed by atoms with van der Waals surface area (Å²) in [5, 5.41) is 0.457. The van der Waals surface area contributed by atoms with Gasteiger partial charge in [-0.1, -0.05) is 6.07 Å². The van der Waals surface area contributed by atoms with E-state index in [1.165, 1.54) is 11.8 Å². The van der Waals surface area contributed by atoms with Gasteiger partial charge in [-0.3, -0.25) is 14.3 Å². The fourth-order valence-electron chi connectivity index (χ4n) is 2.47. The van der Waals surface area contributed by atoms with E-state index in [0.29, 0.717) is 22.2 Å². The first-order valence-electron chi connectivity index (χ1n) is 8.05. The Morgan fingerprint density at radius 2 is 1.88 bits per heavy atom. The molecule has 0 spiro atoms. The van der Waals surface area contributed by atoms with E-state index in [1.54, 1.807) is 49.5 Å². The average Bonchev–Trinajstić information content (AvgIpc) is 2.69. The molecule has 0 aliphatic rings. The summed E-state index contributed by atoms with van der Waals surface area (Å²) in [5.74, 6) is 1.91. The molecular weight excluding hydrogens is 350 g/mol. The lowest BCUT2D eigenvalue weighted by atomic mass is 10.2. The van der Waals surface area contributed by atoms with Crippen LogP contribution in [0.1, 0.15) is 5.69 Å². The number of aryl methyl sites for hydroxylation is 1. The Morgan fingerprint density at radius 1 is 1.04 bits per heavy atom. The molecule has 1 aromatic carbocycles. The standard InChI is InChI=1S/C19H19N3O3S/c1-24-16-7-6-15(13-17(16)25-2)22-11-10-21-18(19(22)23)26-12-8-14-5-3-4-9-20-14/h3-7,9-11,13H,8,12H2,1-2H3. The Bertz CT molecular complexity index is 929. The number of methoxy groups -OCH3 is 2. The lowest BCUT2D eigenvalue weighted by Crippen LogP contribution is -2.20. The van der Waals surface area contributed by atoms with Crippen molar-refractivity contribution in [2.45, 2.75) is 11.4 Å². The maximum Gasteiger partial charge on any atom is 0.287 e. The molecule has 0 fully saturated rings. The van der Waals surface area contributed by atoms with E-state index < -0.39 is 0 Å². The highest BCUT2D eigenvalue weighted by atomic mass is 32.2. The first-order valence-corrected chi connectivity index (χ1v) is 9.04. The van der Waals surface area contributed by atoms with E-state index in [0.717, 1.165) is 17.9 Å². The Labute approximate surface area is 155 Å². The monoisotopic (exact) mass is 369 g/mol. The minimum Gasteiger partial charge on any atom is -0.493 e. The van der Waals surface area contributed by atoms with Gasteiger partial charge < -0.3 is 9.47 Å². The van der Waals surface area contributed by atoms with Gasteiger partial charge in [-0.2, -0.15) is 0 Å². The number of benzene rings is 1. The predicted molar refractivity (Wildman–Crippen MR) is 102 cm³/mol. The van der Waals surface area contributed by atoms with Crippen LogP contribution in [0.3, 0.4) is 0 Å². The van der Waals surface area contributed by atoms with Crippen molar-refractivity contribution >= 4 is 11.8 Å². The summed E-state index contributed by atoms with van der Waals surface area (Å²) in [5.41, 5.74) is 1.53. The predicted octanol–water partition coefficient (Wildman–Crippen LogP) is 2.98. The van der Waals surface area contributed by atoms with Crippen LogP contribution in [0, 0.1) is 0 Å². The second-order valence-electron chi connectivity index (χ2n) is 5.37. The molecule has 0 unspecified atom stereocenters. The van der Waals surface area contributed by atoms with Gasteiger partial charge in [-0.15, -0.1) is 11.8 Å². The molecule has 0 amide bonds. The molecule has 26 heavy (non-hydrogen) atoms. The third kappa shape index (κ3) is 4.05. The van der Waals surface area contributed by atoms with Gasteiger partial charge in [-0.25, -0.2) is 4.98 Å². The zero-order valence-electron chi connectivity index (χ0n) is 14.6. The summed E-state index contributed by atoms with van der Waals surface area (Å²) in [6, 6.07) is 11.2. The van der Waals surface area contributed by atoms with Crippen molar-refractivity contribution in [3.63, 3.8) is 0 Å². The van der Waals surface area contributed by atoms with Crippen LogP contribution < -0.4 is 15.0 Å². The molecule has 0 saturated heterocycles. The molecule has 0 radical (unpaired) electrons. The molecule has 0 saturated carbocycles. The van der Waals surface area contributed by atoms with E-state index in [9.17, 15) is 4.79 Å². The van der Waals surface area contributed by atoms with Crippen molar-refractivity contribution in [2.24, 2.45) is 0 Å². The maximum absolute atomic E-state index is 12.8. The Balaban J connectivity index is 1.80. The van der Waals surface area contributed by atoms with Gasteiger partial charge in [0, 0.05) is 36.1 Å². The topological polar surface area (TPSA) is 66.2 Å². The largest absolute Gasteiger partial charge is 0.493 e. The van der Waals surface area contributed by atoms with Crippen molar-refractivity contribution < 1.29 is 9.47 Å². The summed E-state index contributed by atoms with van der Waals surface area (Å²) >= 11 is 1.43. The first-order chi connectivity index (χ1) is 12.7. The Morgan fingerprint density at radius 3 is 2.62 bits per heavy atom. The molecule has 7 heteroatoms. The molecule has 0 atom stereocenters. The van der Waals surface area contributed by atoms with E-state index in [4.69, 9.17) is 9.47 Å². The van der Waals surface area contributed by atoms with E-state index in [-0.39, 0.29) is 5.56 Å². The number of hydrogen-bond donors (Lipinski definition) is 0. The molecule has 2 aromatic heterocycles. The molecule has 134 valence electrons. The van der Waals surface area contributed by atoms with Crippen molar-refractivity contribution in [3.8, 4) is 17.2 Å². The number of thioether (sulfide) groups is 1. The molecule has 3 aromatic rings. The zero-order valence-corrected chi connectivity index (χ0v) is 15.4. The highest BCUT2D eigenvalue weighted by Gasteiger charge is 2.10. The number of hydrogen-bond acceptors (Lipinski definition) is 6. The van der Waals surface area contributed by atoms with Crippen molar-refractivity contribution in [2.75, 3.05) is 20.0 Å². The van der Waals surface area contributed by atoms with Crippen LogP contribution in [-0.4, -0.2) is 34.5 Å². The molecule has 6 nitrogen and oxygen atoms in total. The van der Waals surface area contributed by atoms with Crippen molar-refractivity contribution in [1.29, 1.82) is 0 Å². The Kier molecular flexibility index (Phi) is 5.91. The maximum atomic E-state index is 12.8. The number of aromatic nitrogens is 3. The molecular formula is C19H19N3O3S. The van der Waals surface area contributed by atoms with Crippen LogP contribution in [-0.2, 0) is 6.42 Å².